The highest BCUT2D eigenvalue weighted by Gasteiger charge is 2.12. The van der Waals surface area contributed by atoms with Gasteiger partial charge in [-0.3, -0.25) is 0 Å². The molecule has 1 unspecified atom stereocenters. The summed E-state index contributed by atoms with van der Waals surface area (Å²) in [6, 6.07) is 6.61. The van der Waals surface area contributed by atoms with Gasteiger partial charge in [0, 0.05) is 24.8 Å². The summed E-state index contributed by atoms with van der Waals surface area (Å²) < 4.78 is 10.8. The highest BCUT2D eigenvalue weighted by atomic mass is 16.5. The van der Waals surface area contributed by atoms with Crippen LogP contribution in [0.4, 0.5) is 5.69 Å². The average Bonchev–Trinajstić information content (AvgIpc) is 2.73. The third-order valence-corrected chi connectivity index (χ3v) is 2.67. The number of nitrogens with one attached hydrogen (secondary N) is 1. The van der Waals surface area contributed by atoms with Crippen molar-refractivity contribution in [2.24, 2.45) is 0 Å². The Kier molecular flexibility index (Phi) is 3.67. The van der Waals surface area contributed by atoms with Crippen molar-refractivity contribution in [2.75, 3.05) is 25.1 Å². The lowest BCUT2D eigenvalue weighted by Gasteiger charge is -2.15. The summed E-state index contributed by atoms with van der Waals surface area (Å²) >= 11 is 0. The normalized spacial score (nSPS) is 15.4. The summed E-state index contributed by atoms with van der Waals surface area (Å²) in [6.07, 6.45) is 1.02. The van der Waals surface area contributed by atoms with Gasteiger partial charge in [0.05, 0.1) is 13.2 Å². The van der Waals surface area contributed by atoms with Crippen LogP contribution in [0.2, 0.25) is 0 Å². The quantitative estimate of drug-likeness (QED) is 0.828. The Labute approximate surface area is 96.8 Å². The van der Waals surface area contributed by atoms with E-state index in [1.807, 2.05) is 13.0 Å². The first-order valence-corrected chi connectivity index (χ1v) is 5.89. The van der Waals surface area contributed by atoms with Gasteiger partial charge in [0.2, 0.25) is 0 Å². The molecule has 1 aliphatic rings. The third kappa shape index (κ3) is 2.67. The van der Waals surface area contributed by atoms with E-state index in [1.54, 1.807) is 0 Å². The van der Waals surface area contributed by atoms with E-state index in [0.717, 1.165) is 37.7 Å². The van der Waals surface area contributed by atoms with Gasteiger partial charge in [0.25, 0.3) is 0 Å². The number of benzene rings is 1. The zero-order chi connectivity index (χ0) is 11.4. The molecule has 0 aromatic heterocycles. The number of rotatable bonds is 5. The molecule has 0 radical (unpaired) electrons. The van der Waals surface area contributed by atoms with Gasteiger partial charge >= 0.3 is 0 Å². The molecule has 0 spiro atoms. The molecule has 1 aromatic carbocycles. The average molecular weight is 221 g/mol. The molecule has 3 nitrogen and oxygen atoms in total. The van der Waals surface area contributed by atoms with E-state index in [4.69, 9.17) is 9.47 Å². The Morgan fingerprint density at radius 2 is 2.38 bits per heavy atom. The summed E-state index contributed by atoms with van der Waals surface area (Å²) in [5, 5.41) is 3.43. The topological polar surface area (TPSA) is 30.5 Å². The fraction of sp³-hybridized carbons (Fsp3) is 0.538. The van der Waals surface area contributed by atoms with E-state index in [1.165, 1.54) is 5.56 Å². The van der Waals surface area contributed by atoms with Crippen LogP contribution in [0.1, 0.15) is 19.4 Å². The Balaban J connectivity index is 1.94. The predicted molar refractivity (Wildman–Crippen MR) is 65.2 cm³/mol. The first-order valence-electron chi connectivity index (χ1n) is 5.89. The molecular formula is C13H19NO2. The van der Waals surface area contributed by atoms with Gasteiger partial charge in [0.15, 0.2) is 0 Å². The first-order chi connectivity index (χ1) is 7.79. The molecule has 0 fully saturated rings. The van der Waals surface area contributed by atoms with Gasteiger partial charge in [-0.1, -0.05) is 0 Å². The van der Waals surface area contributed by atoms with Gasteiger partial charge in [0.1, 0.15) is 5.75 Å². The number of hydrogen-bond donors (Lipinski definition) is 1. The monoisotopic (exact) mass is 221 g/mol. The number of hydrogen-bond acceptors (Lipinski definition) is 3. The molecule has 0 bridgehead atoms. The largest absolute Gasteiger partial charge is 0.493 e. The van der Waals surface area contributed by atoms with Gasteiger partial charge in [-0.25, -0.2) is 0 Å². The number of anilines is 1. The second-order valence-electron chi connectivity index (χ2n) is 4.13. The van der Waals surface area contributed by atoms with Crippen LogP contribution in [0.5, 0.6) is 5.75 Å². The van der Waals surface area contributed by atoms with Gasteiger partial charge < -0.3 is 14.8 Å². The molecule has 88 valence electrons. The maximum Gasteiger partial charge on any atom is 0.122 e. The van der Waals surface area contributed by atoms with Crippen LogP contribution in [-0.4, -0.2) is 25.9 Å². The zero-order valence-electron chi connectivity index (χ0n) is 9.95. The Morgan fingerprint density at radius 3 is 3.19 bits per heavy atom. The van der Waals surface area contributed by atoms with Crippen molar-refractivity contribution in [3.05, 3.63) is 23.8 Å². The smallest absolute Gasteiger partial charge is 0.122 e. The molecule has 3 heteroatoms. The third-order valence-electron chi connectivity index (χ3n) is 2.67. The SMILES string of the molecule is CCOCC(C)Nc1ccc2c(c1)CCO2. The molecule has 0 saturated carbocycles. The molecular weight excluding hydrogens is 202 g/mol. The van der Waals surface area contributed by atoms with Crippen LogP contribution in [0, 0.1) is 0 Å². The molecule has 16 heavy (non-hydrogen) atoms. The zero-order valence-corrected chi connectivity index (χ0v) is 9.95. The van der Waals surface area contributed by atoms with Crippen LogP contribution in [0.25, 0.3) is 0 Å². The first kappa shape index (κ1) is 11.3. The summed E-state index contributed by atoms with van der Waals surface area (Å²) in [4.78, 5) is 0. The molecule has 1 aromatic rings. The summed E-state index contributed by atoms with van der Waals surface area (Å²) in [5.74, 6) is 1.03. The van der Waals surface area contributed by atoms with Crippen LogP contribution < -0.4 is 10.1 Å². The van der Waals surface area contributed by atoms with E-state index >= 15 is 0 Å². The van der Waals surface area contributed by atoms with E-state index < -0.39 is 0 Å². The molecule has 0 amide bonds. The maximum absolute atomic E-state index is 5.47. The lowest BCUT2D eigenvalue weighted by molar-refractivity contribution is 0.141. The summed E-state index contributed by atoms with van der Waals surface area (Å²) in [5.41, 5.74) is 2.45. The lowest BCUT2D eigenvalue weighted by Crippen LogP contribution is -2.21. The molecule has 1 atom stereocenters. The van der Waals surface area contributed by atoms with Crippen LogP contribution in [0.15, 0.2) is 18.2 Å². The van der Waals surface area contributed by atoms with Gasteiger partial charge in [-0.05, 0) is 37.6 Å². The highest BCUT2D eigenvalue weighted by Crippen LogP contribution is 2.27. The van der Waals surface area contributed by atoms with Crippen molar-refractivity contribution in [3.63, 3.8) is 0 Å². The minimum atomic E-state index is 0.334. The van der Waals surface area contributed by atoms with Crippen molar-refractivity contribution in [2.45, 2.75) is 26.3 Å². The second kappa shape index (κ2) is 5.21. The van der Waals surface area contributed by atoms with E-state index in [0.29, 0.717) is 6.04 Å². The minimum absolute atomic E-state index is 0.334. The highest BCUT2D eigenvalue weighted by molar-refractivity contribution is 5.52. The molecule has 0 saturated heterocycles. The number of fused-ring (bicyclic) bond motifs is 1. The number of ether oxygens (including phenoxy) is 2. The fourth-order valence-corrected chi connectivity index (χ4v) is 1.90. The molecule has 0 aliphatic carbocycles. The van der Waals surface area contributed by atoms with Crippen molar-refractivity contribution >= 4 is 5.69 Å². The predicted octanol–water partition coefficient (Wildman–Crippen LogP) is 2.46. The van der Waals surface area contributed by atoms with Gasteiger partial charge in [-0.2, -0.15) is 0 Å². The molecule has 2 rings (SSSR count). The van der Waals surface area contributed by atoms with E-state index in [9.17, 15) is 0 Å². The second-order valence-corrected chi connectivity index (χ2v) is 4.13. The molecule has 1 aliphatic heterocycles. The molecule has 1 heterocycles. The maximum atomic E-state index is 5.47. The summed E-state index contributed by atoms with van der Waals surface area (Å²) in [7, 11) is 0. The molecule has 1 N–H and O–H groups in total. The van der Waals surface area contributed by atoms with Crippen LogP contribution >= 0.6 is 0 Å². The van der Waals surface area contributed by atoms with E-state index in [-0.39, 0.29) is 0 Å². The minimum Gasteiger partial charge on any atom is -0.493 e. The Bertz CT molecular complexity index is 352. The van der Waals surface area contributed by atoms with Crippen LogP contribution in [-0.2, 0) is 11.2 Å². The van der Waals surface area contributed by atoms with E-state index in [2.05, 4.69) is 24.4 Å². The Morgan fingerprint density at radius 1 is 1.50 bits per heavy atom. The van der Waals surface area contributed by atoms with Crippen molar-refractivity contribution in [3.8, 4) is 5.75 Å². The standard InChI is InChI=1S/C13H19NO2/c1-3-15-9-10(2)14-12-4-5-13-11(8-12)6-7-16-13/h4-5,8,10,14H,3,6-7,9H2,1-2H3. The fourth-order valence-electron chi connectivity index (χ4n) is 1.90. The van der Waals surface area contributed by atoms with Crippen molar-refractivity contribution in [1.29, 1.82) is 0 Å². The van der Waals surface area contributed by atoms with Crippen molar-refractivity contribution < 1.29 is 9.47 Å². The lowest BCUT2D eigenvalue weighted by atomic mass is 10.1. The summed E-state index contributed by atoms with van der Waals surface area (Å²) in [6.45, 7) is 6.46. The van der Waals surface area contributed by atoms with Gasteiger partial charge in [-0.15, -0.1) is 0 Å². The van der Waals surface area contributed by atoms with Crippen LogP contribution in [0.3, 0.4) is 0 Å². The van der Waals surface area contributed by atoms with Crippen molar-refractivity contribution in [1.82, 2.24) is 0 Å². The Hall–Kier alpha value is -1.22.